The summed E-state index contributed by atoms with van der Waals surface area (Å²) in [5.41, 5.74) is 0. The number of hydrogen-bond acceptors (Lipinski definition) is 4. The van der Waals surface area contributed by atoms with E-state index in [4.69, 9.17) is 15.3 Å². The number of nitrogens with zero attached hydrogens (tertiary/aromatic N) is 1. The zero-order valence-corrected chi connectivity index (χ0v) is 5.21. The molecule has 0 unspecified atom stereocenters. The molecule has 1 heterocycles. The zero-order valence-electron chi connectivity index (χ0n) is 5.21. The lowest BCUT2D eigenvalue weighted by atomic mass is 10.1. The van der Waals surface area contributed by atoms with Crippen molar-refractivity contribution in [1.82, 2.24) is 0 Å². The third-order valence-corrected chi connectivity index (χ3v) is 1.56. The van der Waals surface area contributed by atoms with E-state index >= 15 is 0 Å². The molecule has 1 aliphatic rings. The van der Waals surface area contributed by atoms with E-state index in [1.54, 1.807) is 0 Å². The van der Waals surface area contributed by atoms with Gasteiger partial charge in [0.2, 0.25) is 6.04 Å². The van der Waals surface area contributed by atoms with Gasteiger partial charge in [0.1, 0.15) is 6.61 Å². The molecular weight excluding hydrogens is 138 g/mol. The van der Waals surface area contributed by atoms with Gasteiger partial charge >= 0.3 is 0 Å². The summed E-state index contributed by atoms with van der Waals surface area (Å²) in [4.78, 5) is 0. The van der Waals surface area contributed by atoms with E-state index in [9.17, 15) is 5.21 Å². The Labute approximate surface area is 57.4 Å². The molecule has 0 saturated carbocycles. The molecule has 58 valence electrons. The van der Waals surface area contributed by atoms with Gasteiger partial charge in [-0.05, 0) is 0 Å². The first-order chi connectivity index (χ1) is 4.66. The van der Waals surface area contributed by atoms with Gasteiger partial charge in [0.15, 0.2) is 18.4 Å². The molecule has 3 atom stereocenters. The first-order valence-corrected chi connectivity index (χ1v) is 2.94. The molecule has 0 aromatic heterocycles. The van der Waals surface area contributed by atoms with E-state index in [0.29, 0.717) is 4.74 Å². The average molecular weight is 147 g/mol. The predicted octanol–water partition coefficient (Wildman–Crippen LogP) is -2.34. The van der Waals surface area contributed by atoms with Crippen LogP contribution in [0.5, 0.6) is 0 Å². The van der Waals surface area contributed by atoms with Gasteiger partial charge in [-0.25, -0.2) is 4.74 Å². The number of aliphatic hydroxyl groups excluding tert-OH is 3. The molecule has 0 bridgehead atoms. The van der Waals surface area contributed by atoms with E-state index in [-0.39, 0.29) is 0 Å². The molecule has 1 rings (SSSR count). The lowest BCUT2D eigenvalue weighted by Crippen LogP contribution is -2.36. The predicted molar refractivity (Wildman–Crippen MR) is 32.6 cm³/mol. The highest BCUT2D eigenvalue weighted by molar-refractivity contribution is 5.60. The van der Waals surface area contributed by atoms with Crippen molar-refractivity contribution in [3.05, 3.63) is 5.21 Å². The Morgan fingerprint density at radius 3 is 2.30 bits per heavy atom. The summed E-state index contributed by atoms with van der Waals surface area (Å²) in [7, 11) is 0. The summed E-state index contributed by atoms with van der Waals surface area (Å²) in [6.45, 7) is -0.446. The first kappa shape index (κ1) is 7.46. The number of hydrogen-bond donors (Lipinski definition) is 3. The fraction of sp³-hybridized carbons (Fsp3) is 0.800. The zero-order chi connectivity index (χ0) is 7.72. The highest BCUT2D eigenvalue weighted by Crippen LogP contribution is 2.08. The molecule has 10 heavy (non-hydrogen) atoms. The normalized spacial score (nSPS) is 39.9. The Kier molecular flexibility index (Phi) is 1.89. The second-order valence-electron chi connectivity index (χ2n) is 2.24. The molecule has 0 saturated heterocycles. The minimum atomic E-state index is -1.16. The quantitative estimate of drug-likeness (QED) is 0.286. The summed E-state index contributed by atoms with van der Waals surface area (Å²) < 4.78 is 0.370. The van der Waals surface area contributed by atoms with Crippen LogP contribution in [-0.2, 0) is 0 Å². The third kappa shape index (κ3) is 0.985. The van der Waals surface area contributed by atoms with Gasteiger partial charge in [0, 0.05) is 0 Å². The van der Waals surface area contributed by atoms with Gasteiger partial charge < -0.3 is 20.5 Å². The van der Waals surface area contributed by atoms with Gasteiger partial charge in [-0.2, -0.15) is 0 Å². The van der Waals surface area contributed by atoms with E-state index in [1.165, 1.54) is 0 Å². The van der Waals surface area contributed by atoms with Crippen molar-refractivity contribution in [2.45, 2.75) is 18.2 Å². The Hall–Kier alpha value is -0.650. The summed E-state index contributed by atoms with van der Waals surface area (Å²) >= 11 is 0. The molecule has 3 N–H and O–H groups in total. The van der Waals surface area contributed by atoms with Gasteiger partial charge in [0.05, 0.1) is 0 Å². The van der Waals surface area contributed by atoms with Crippen molar-refractivity contribution in [3.8, 4) is 0 Å². The second-order valence-corrected chi connectivity index (χ2v) is 2.24. The molecule has 0 aliphatic carbocycles. The summed E-state index contributed by atoms with van der Waals surface area (Å²) in [5.74, 6) is 0. The van der Waals surface area contributed by atoms with Crippen LogP contribution in [-0.4, -0.2) is 51.1 Å². The van der Waals surface area contributed by atoms with E-state index in [0.717, 1.165) is 6.21 Å². The first-order valence-electron chi connectivity index (χ1n) is 2.94. The van der Waals surface area contributed by atoms with Gasteiger partial charge in [-0.1, -0.05) is 0 Å². The highest BCUT2D eigenvalue weighted by Gasteiger charge is 2.38. The maximum atomic E-state index is 10.6. The van der Waals surface area contributed by atoms with Crippen molar-refractivity contribution < 1.29 is 20.1 Å². The van der Waals surface area contributed by atoms with Crippen LogP contribution in [0.25, 0.3) is 0 Å². The van der Waals surface area contributed by atoms with Crippen LogP contribution in [0.3, 0.4) is 0 Å². The van der Waals surface area contributed by atoms with E-state index < -0.39 is 24.9 Å². The minimum Gasteiger partial charge on any atom is -0.624 e. The number of aliphatic hydroxyl groups is 3. The van der Waals surface area contributed by atoms with E-state index in [1.807, 2.05) is 0 Å². The Morgan fingerprint density at radius 1 is 1.50 bits per heavy atom. The van der Waals surface area contributed by atoms with Crippen LogP contribution in [0.4, 0.5) is 0 Å². The smallest absolute Gasteiger partial charge is 0.214 e. The molecule has 0 aromatic rings. The molecule has 0 aromatic carbocycles. The summed E-state index contributed by atoms with van der Waals surface area (Å²) in [6, 6.07) is -0.907. The Morgan fingerprint density at radius 2 is 2.10 bits per heavy atom. The van der Waals surface area contributed by atoms with Crippen molar-refractivity contribution >= 4 is 6.21 Å². The molecule has 0 radical (unpaired) electrons. The van der Waals surface area contributed by atoms with Crippen LogP contribution < -0.4 is 0 Å². The maximum Gasteiger partial charge on any atom is 0.214 e. The molecular formula is C5H9NO4. The van der Waals surface area contributed by atoms with Crippen molar-refractivity contribution in [2.75, 3.05) is 6.61 Å². The van der Waals surface area contributed by atoms with Crippen LogP contribution in [0.2, 0.25) is 0 Å². The van der Waals surface area contributed by atoms with E-state index in [2.05, 4.69) is 0 Å². The topological polar surface area (TPSA) is 86.8 Å². The monoisotopic (exact) mass is 147 g/mol. The Bertz CT molecular complexity index is 158. The third-order valence-electron chi connectivity index (χ3n) is 1.56. The summed E-state index contributed by atoms with van der Waals surface area (Å²) in [6.07, 6.45) is -1.37. The standard InChI is InChI=1S/C5H9NO4/c7-2-3-5(9)4(8)1-6(3)10/h1,3-5,7-9H,2H2/t3-,4-,5-/m1/s1. The van der Waals surface area contributed by atoms with Crippen molar-refractivity contribution in [1.29, 1.82) is 0 Å². The average Bonchev–Trinajstić information content (AvgIpc) is 2.09. The Balaban J connectivity index is 2.68. The minimum absolute atomic E-state index is 0.370. The molecule has 1 aliphatic heterocycles. The van der Waals surface area contributed by atoms with Crippen LogP contribution in [0.1, 0.15) is 0 Å². The van der Waals surface area contributed by atoms with Crippen molar-refractivity contribution in [3.63, 3.8) is 0 Å². The van der Waals surface area contributed by atoms with Gasteiger partial charge in [-0.15, -0.1) is 0 Å². The molecule has 0 spiro atoms. The lowest BCUT2D eigenvalue weighted by molar-refractivity contribution is -0.501. The summed E-state index contributed by atoms with van der Waals surface area (Å²) in [5, 5.41) is 36.9. The SMILES string of the molecule is [O-][N+]1=C[C@@H](O)[C@H](O)[C@H]1CO. The van der Waals surface area contributed by atoms with Crippen molar-refractivity contribution in [2.24, 2.45) is 0 Å². The fourth-order valence-electron chi connectivity index (χ4n) is 0.916. The molecule has 0 fully saturated rings. The lowest BCUT2D eigenvalue weighted by Gasteiger charge is -2.11. The molecule has 0 amide bonds. The molecule has 5 heteroatoms. The number of rotatable bonds is 1. The largest absolute Gasteiger partial charge is 0.624 e. The highest BCUT2D eigenvalue weighted by atomic mass is 16.5. The van der Waals surface area contributed by atoms with Gasteiger partial charge in [-0.3, -0.25) is 0 Å². The van der Waals surface area contributed by atoms with Crippen LogP contribution in [0, 0.1) is 5.21 Å². The number of hydroxylamine groups is 1. The molecule has 5 nitrogen and oxygen atoms in total. The van der Waals surface area contributed by atoms with Gasteiger partial charge in [0.25, 0.3) is 0 Å². The maximum absolute atomic E-state index is 10.6. The fourth-order valence-corrected chi connectivity index (χ4v) is 0.916. The van der Waals surface area contributed by atoms with Crippen LogP contribution in [0.15, 0.2) is 0 Å². The second kappa shape index (κ2) is 2.53. The van der Waals surface area contributed by atoms with Crippen LogP contribution >= 0.6 is 0 Å².